The molecule has 3 nitrogen and oxygen atoms in total. The fourth-order valence-corrected chi connectivity index (χ4v) is 2.88. The molecule has 1 aliphatic rings. The lowest BCUT2D eigenvalue weighted by Crippen LogP contribution is -2.44. The molecule has 1 fully saturated rings. The Bertz CT molecular complexity index is 356. The van der Waals surface area contributed by atoms with Crippen molar-refractivity contribution in [3.63, 3.8) is 0 Å². The van der Waals surface area contributed by atoms with E-state index >= 15 is 0 Å². The summed E-state index contributed by atoms with van der Waals surface area (Å²) < 4.78 is 0. The number of aromatic nitrogens is 1. The highest BCUT2D eigenvalue weighted by molar-refractivity contribution is 5.13. The molecule has 19 heavy (non-hydrogen) atoms. The quantitative estimate of drug-likeness (QED) is 0.883. The fraction of sp³-hybridized carbons (Fsp3) is 0.688. The number of hydrogen-bond acceptors (Lipinski definition) is 3. The summed E-state index contributed by atoms with van der Waals surface area (Å²) in [5.41, 5.74) is 1.28. The van der Waals surface area contributed by atoms with Crippen molar-refractivity contribution in [3.8, 4) is 0 Å². The largest absolute Gasteiger partial charge is 0.307 e. The molecular weight excluding hydrogens is 234 g/mol. The Morgan fingerprint density at radius 2 is 2.05 bits per heavy atom. The minimum absolute atomic E-state index is 0.398. The van der Waals surface area contributed by atoms with E-state index in [0.29, 0.717) is 12.1 Å². The molecule has 0 spiro atoms. The van der Waals surface area contributed by atoms with Gasteiger partial charge >= 0.3 is 0 Å². The lowest BCUT2D eigenvalue weighted by molar-refractivity contribution is 0.175. The first-order valence-corrected chi connectivity index (χ1v) is 7.53. The van der Waals surface area contributed by atoms with Crippen LogP contribution in [0, 0.1) is 5.92 Å². The Balaban J connectivity index is 1.76. The van der Waals surface area contributed by atoms with E-state index < -0.39 is 0 Å². The molecule has 0 aliphatic carbocycles. The van der Waals surface area contributed by atoms with Crippen LogP contribution in [0.3, 0.4) is 0 Å². The molecule has 2 heterocycles. The predicted molar refractivity (Wildman–Crippen MR) is 80.1 cm³/mol. The summed E-state index contributed by atoms with van der Waals surface area (Å²) >= 11 is 0. The molecule has 1 saturated heterocycles. The van der Waals surface area contributed by atoms with Crippen molar-refractivity contribution in [1.29, 1.82) is 0 Å². The maximum atomic E-state index is 4.20. The van der Waals surface area contributed by atoms with Crippen molar-refractivity contribution in [2.45, 2.75) is 45.7 Å². The third-order valence-electron chi connectivity index (χ3n) is 3.88. The highest BCUT2D eigenvalue weighted by atomic mass is 15.1. The van der Waals surface area contributed by atoms with Gasteiger partial charge in [0.25, 0.3) is 0 Å². The minimum Gasteiger partial charge on any atom is -0.307 e. The molecule has 0 saturated carbocycles. The number of nitrogens with one attached hydrogen (secondary N) is 1. The zero-order valence-corrected chi connectivity index (χ0v) is 12.5. The van der Waals surface area contributed by atoms with Gasteiger partial charge in [0.1, 0.15) is 0 Å². The topological polar surface area (TPSA) is 28.2 Å². The van der Waals surface area contributed by atoms with E-state index in [1.165, 1.54) is 38.0 Å². The smallest absolute Gasteiger partial charge is 0.0315 e. The molecule has 0 bridgehead atoms. The third kappa shape index (κ3) is 4.59. The summed E-state index contributed by atoms with van der Waals surface area (Å²) in [4.78, 5) is 6.79. The van der Waals surface area contributed by atoms with Gasteiger partial charge in [-0.15, -0.1) is 0 Å². The first kappa shape index (κ1) is 14.5. The lowest BCUT2D eigenvalue weighted by atomic mass is 10.0. The maximum absolute atomic E-state index is 4.20. The van der Waals surface area contributed by atoms with Crippen molar-refractivity contribution in [3.05, 3.63) is 30.1 Å². The van der Waals surface area contributed by atoms with Gasteiger partial charge in [0.05, 0.1) is 0 Å². The monoisotopic (exact) mass is 261 g/mol. The molecule has 1 aliphatic heterocycles. The second-order valence-corrected chi connectivity index (χ2v) is 6.14. The summed E-state index contributed by atoms with van der Waals surface area (Å²) in [6.45, 7) is 10.5. The van der Waals surface area contributed by atoms with Gasteiger partial charge in [0.2, 0.25) is 0 Å². The van der Waals surface area contributed by atoms with E-state index in [0.717, 1.165) is 5.92 Å². The van der Waals surface area contributed by atoms with E-state index in [1.54, 1.807) is 0 Å². The minimum atomic E-state index is 0.398. The summed E-state index contributed by atoms with van der Waals surface area (Å²) in [5, 5.41) is 3.74. The Kier molecular flexibility index (Phi) is 5.34. The van der Waals surface area contributed by atoms with Gasteiger partial charge in [-0.1, -0.05) is 19.9 Å². The van der Waals surface area contributed by atoms with E-state index in [1.807, 2.05) is 18.5 Å². The second-order valence-electron chi connectivity index (χ2n) is 6.14. The number of hydrogen-bond donors (Lipinski definition) is 1. The third-order valence-corrected chi connectivity index (χ3v) is 3.88. The van der Waals surface area contributed by atoms with Gasteiger partial charge < -0.3 is 10.2 Å². The molecule has 1 aromatic heterocycles. The van der Waals surface area contributed by atoms with Crippen LogP contribution in [0.25, 0.3) is 0 Å². The molecule has 106 valence electrons. The average Bonchev–Trinajstić information content (AvgIpc) is 2.41. The van der Waals surface area contributed by atoms with Crippen LogP contribution < -0.4 is 5.32 Å². The maximum Gasteiger partial charge on any atom is 0.0315 e. The average molecular weight is 261 g/mol. The van der Waals surface area contributed by atoms with Crippen molar-refractivity contribution < 1.29 is 0 Å². The van der Waals surface area contributed by atoms with Crippen LogP contribution in [0.5, 0.6) is 0 Å². The second kappa shape index (κ2) is 7.01. The van der Waals surface area contributed by atoms with Crippen LogP contribution in [0.15, 0.2) is 24.5 Å². The molecule has 1 aromatic rings. The van der Waals surface area contributed by atoms with Crippen LogP contribution in [0.4, 0.5) is 0 Å². The molecular formula is C16H27N3. The lowest BCUT2D eigenvalue weighted by Gasteiger charge is -2.34. The Labute approximate surface area is 117 Å². The van der Waals surface area contributed by atoms with Gasteiger partial charge in [0, 0.05) is 31.0 Å². The first-order chi connectivity index (χ1) is 9.15. The van der Waals surface area contributed by atoms with Gasteiger partial charge in [0.15, 0.2) is 0 Å². The number of likely N-dealkylation sites (tertiary alicyclic amines) is 1. The Morgan fingerprint density at radius 3 is 2.63 bits per heavy atom. The van der Waals surface area contributed by atoms with E-state index in [2.05, 4.69) is 42.0 Å². The zero-order valence-electron chi connectivity index (χ0n) is 12.5. The van der Waals surface area contributed by atoms with Crippen LogP contribution in [0.1, 0.15) is 45.2 Å². The van der Waals surface area contributed by atoms with Crippen molar-refractivity contribution in [2.75, 3.05) is 19.6 Å². The van der Waals surface area contributed by atoms with Crippen LogP contribution in [-0.4, -0.2) is 35.6 Å². The van der Waals surface area contributed by atoms with E-state index in [4.69, 9.17) is 0 Å². The molecule has 3 heteroatoms. The summed E-state index contributed by atoms with van der Waals surface area (Å²) in [5.74, 6) is 0.777. The fourth-order valence-electron chi connectivity index (χ4n) is 2.88. The van der Waals surface area contributed by atoms with Crippen molar-refractivity contribution in [1.82, 2.24) is 15.2 Å². The van der Waals surface area contributed by atoms with Crippen molar-refractivity contribution in [2.24, 2.45) is 5.92 Å². The standard InChI is InChI=1S/C16H27N3/c1-13(2)12-19-9-6-16(7-10-19)18-14(3)15-5-4-8-17-11-15/h4-5,8,11,13-14,16,18H,6-7,9-10,12H2,1-3H3. The Hall–Kier alpha value is -0.930. The van der Waals surface area contributed by atoms with Gasteiger partial charge in [-0.25, -0.2) is 0 Å². The molecule has 1 atom stereocenters. The number of nitrogens with zero attached hydrogens (tertiary/aromatic N) is 2. The summed E-state index contributed by atoms with van der Waals surface area (Å²) in [6.07, 6.45) is 6.32. The number of rotatable bonds is 5. The SMILES string of the molecule is CC(C)CN1CCC(NC(C)c2cccnc2)CC1. The normalized spacial score (nSPS) is 19.8. The van der Waals surface area contributed by atoms with Crippen LogP contribution >= 0.6 is 0 Å². The van der Waals surface area contributed by atoms with Gasteiger partial charge in [-0.2, -0.15) is 0 Å². The zero-order chi connectivity index (χ0) is 13.7. The summed E-state index contributed by atoms with van der Waals surface area (Å²) in [6, 6.07) is 5.21. The van der Waals surface area contributed by atoms with Gasteiger partial charge in [-0.05, 0) is 50.4 Å². The van der Waals surface area contributed by atoms with E-state index in [9.17, 15) is 0 Å². The predicted octanol–water partition coefficient (Wildman–Crippen LogP) is 2.85. The highest BCUT2D eigenvalue weighted by Crippen LogP contribution is 2.17. The molecule has 1 unspecified atom stereocenters. The molecule has 1 N–H and O–H groups in total. The first-order valence-electron chi connectivity index (χ1n) is 7.53. The van der Waals surface area contributed by atoms with Crippen LogP contribution in [-0.2, 0) is 0 Å². The molecule has 0 aromatic carbocycles. The summed E-state index contributed by atoms with van der Waals surface area (Å²) in [7, 11) is 0. The number of pyridine rings is 1. The molecule has 0 radical (unpaired) electrons. The number of piperidine rings is 1. The molecule has 2 rings (SSSR count). The highest BCUT2D eigenvalue weighted by Gasteiger charge is 2.21. The van der Waals surface area contributed by atoms with Crippen molar-refractivity contribution >= 4 is 0 Å². The van der Waals surface area contributed by atoms with E-state index in [-0.39, 0.29) is 0 Å². The Morgan fingerprint density at radius 1 is 1.32 bits per heavy atom. The van der Waals surface area contributed by atoms with Gasteiger partial charge in [-0.3, -0.25) is 4.98 Å². The molecule has 0 amide bonds. The van der Waals surface area contributed by atoms with Crippen LogP contribution in [0.2, 0.25) is 0 Å².